The zero-order chi connectivity index (χ0) is 19.0. The van der Waals surface area contributed by atoms with Crippen LogP contribution in [0.3, 0.4) is 0 Å². The molecule has 3 N–H and O–H groups in total. The number of carbonyl (C=O) groups is 2. The van der Waals surface area contributed by atoms with Gasteiger partial charge in [-0.25, -0.2) is 9.78 Å². The number of ether oxygens (including phenoxy) is 1. The molecule has 0 saturated carbocycles. The minimum absolute atomic E-state index is 0.00310. The lowest BCUT2D eigenvalue weighted by Gasteiger charge is -2.18. The van der Waals surface area contributed by atoms with Gasteiger partial charge in [-0.2, -0.15) is 10.5 Å². The number of nitrogens with one attached hydrogen (secondary N) is 1. The Labute approximate surface area is 150 Å². The Morgan fingerprint density at radius 2 is 2.00 bits per heavy atom. The van der Waals surface area contributed by atoms with Crippen LogP contribution < -0.4 is 11.1 Å². The molecular formula is C16H19N5O3S. The van der Waals surface area contributed by atoms with Crippen LogP contribution in [-0.4, -0.2) is 35.8 Å². The Bertz CT molecular complexity index is 737. The van der Waals surface area contributed by atoms with Crippen molar-refractivity contribution in [1.82, 2.24) is 10.3 Å². The van der Waals surface area contributed by atoms with Gasteiger partial charge in [-0.1, -0.05) is 25.6 Å². The fourth-order valence-electron chi connectivity index (χ4n) is 1.99. The number of methoxy groups -OCH3 is 1. The Morgan fingerprint density at radius 1 is 1.36 bits per heavy atom. The number of carbonyl (C=O) groups excluding carboxylic acids is 2. The van der Waals surface area contributed by atoms with Gasteiger partial charge in [0.25, 0.3) is 0 Å². The molecule has 9 heteroatoms. The lowest BCUT2D eigenvalue weighted by Crippen LogP contribution is -2.43. The number of aromatic nitrogens is 1. The average molecular weight is 361 g/mol. The van der Waals surface area contributed by atoms with Crippen LogP contribution in [0.1, 0.15) is 31.4 Å². The summed E-state index contributed by atoms with van der Waals surface area (Å²) in [4.78, 5) is 27.8. The Kier molecular flexibility index (Phi) is 7.70. The maximum Gasteiger partial charge on any atom is 0.328 e. The molecule has 0 spiro atoms. The van der Waals surface area contributed by atoms with E-state index in [1.807, 2.05) is 26.0 Å². The van der Waals surface area contributed by atoms with Gasteiger partial charge in [-0.05, 0) is 18.4 Å². The molecule has 132 valence electrons. The maximum atomic E-state index is 12.1. The van der Waals surface area contributed by atoms with E-state index >= 15 is 0 Å². The highest BCUT2D eigenvalue weighted by molar-refractivity contribution is 8.00. The van der Waals surface area contributed by atoms with E-state index in [0.29, 0.717) is 6.42 Å². The van der Waals surface area contributed by atoms with Gasteiger partial charge < -0.3 is 15.8 Å². The molecule has 8 nitrogen and oxygen atoms in total. The van der Waals surface area contributed by atoms with E-state index in [0.717, 1.165) is 11.8 Å². The van der Waals surface area contributed by atoms with Crippen LogP contribution >= 0.6 is 11.8 Å². The summed E-state index contributed by atoms with van der Waals surface area (Å²) in [5.41, 5.74) is 5.90. The molecule has 1 atom stereocenters. The van der Waals surface area contributed by atoms with Crippen LogP contribution in [0.25, 0.3) is 0 Å². The summed E-state index contributed by atoms with van der Waals surface area (Å²) in [6.45, 7) is 3.86. The number of thioether (sulfide) groups is 1. The number of nitrogen functional groups attached to an aromatic ring is 1. The average Bonchev–Trinajstić information content (AvgIpc) is 2.58. The molecule has 0 fully saturated rings. The van der Waals surface area contributed by atoms with Crippen molar-refractivity contribution in [3.63, 3.8) is 0 Å². The van der Waals surface area contributed by atoms with Gasteiger partial charge in [0.15, 0.2) is 0 Å². The predicted molar refractivity (Wildman–Crippen MR) is 92.2 cm³/mol. The Balaban J connectivity index is 2.79. The molecule has 0 aliphatic rings. The molecule has 0 saturated heterocycles. The van der Waals surface area contributed by atoms with E-state index in [1.54, 1.807) is 0 Å². The number of anilines is 1. The number of pyridine rings is 1. The molecule has 0 radical (unpaired) electrons. The molecule has 1 aromatic rings. The number of esters is 1. The van der Waals surface area contributed by atoms with Crippen molar-refractivity contribution in [2.24, 2.45) is 5.92 Å². The predicted octanol–water partition coefficient (Wildman–Crippen LogP) is 1.20. The molecule has 0 unspecified atom stereocenters. The van der Waals surface area contributed by atoms with Gasteiger partial charge in [0.2, 0.25) is 5.91 Å². The number of nitriles is 2. The molecule has 0 aromatic carbocycles. The van der Waals surface area contributed by atoms with Crippen molar-refractivity contribution in [1.29, 1.82) is 10.5 Å². The van der Waals surface area contributed by atoms with Crippen LogP contribution in [0.5, 0.6) is 0 Å². The number of hydrogen-bond acceptors (Lipinski definition) is 8. The van der Waals surface area contributed by atoms with Gasteiger partial charge >= 0.3 is 5.97 Å². The molecule has 1 aromatic heterocycles. The van der Waals surface area contributed by atoms with E-state index in [-0.39, 0.29) is 33.6 Å². The standard InChI is InChI=1S/C16H19N5O3S/c1-9(2)4-12(16(23)24-3)20-13(22)8-25-15-11(7-18)5-10(6-17)14(19)21-15/h5,9,12H,4,8H2,1-3H3,(H2,19,21)(H,20,22)/t12-/m0/s1. The van der Waals surface area contributed by atoms with Crippen molar-refractivity contribution in [3.05, 3.63) is 17.2 Å². The molecule has 0 bridgehead atoms. The Morgan fingerprint density at radius 3 is 2.52 bits per heavy atom. The second kappa shape index (κ2) is 9.50. The lowest BCUT2D eigenvalue weighted by molar-refractivity contribution is -0.145. The fourth-order valence-corrected chi connectivity index (χ4v) is 2.76. The molecule has 0 aliphatic carbocycles. The third kappa shape index (κ3) is 5.98. The molecule has 0 aliphatic heterocycles. The van der Waals surface area contributed by atoms with Gasteiger partial charge in [-0.3, -0.25) is 4.79 Å². The van der Waals surface area contributed by atoms with Gasteiger partial charge in [0, 0.05) is 0 Å². The van der Waals surface area contributed by atoms with Crippen molar-refractivity contribution in [2.75, 3.05) is 18.6 Å². The second-order valence-corrected chi connectivity index (χ2v) is 6.52. The quantitative estimate of drug-likeness (QED) is 0.545. The Hall–Kier alpha value is -2.78. The number of hydrogen-bond donors (Lipinski definition) is 2. The van der Waals surface area contributed by atoms with Crippen molar-refractivity contribution in [2.45, 2.75) is 31.3 Å². The SMILES string of the molecule is COC(=O)[C@H](CC(C)C)NC(=O)CSc1nc(N)c(C#N)cc1C#N. The summed E-state index contributed by atoms with van der Waals surface area (Å²) in [7, 11) is 1.26. The lowest BCUT2D eigenvalue weighted by atomic mass is 10.0. The summed E-state index contributed by atoms with van der Waals surface area (Å²) in [5, 5.41) is 20.9. The molecule has 25 heavy (non-hydrogen) atoms. The first kappa shape index (κ1) is 20.3. The molecule has 1 amide bonds. The minimum Gasteiger partial charge on any atom is -0.467 e. The van der Waals surface area contributed by atoms with E-state index < -0.39 is 17.9 Å². The van der Waals surface area contributed by atoms with E-state index in [2.05, 4.69) is 10.3 Å². The maximum absolute atomic E-state index is 12.1. The first-order chi connectivity index (χ1) is 11.8. The fraction of sp³-hybridized carbons (Fsp3) is 0.438. The number of nitrogens with two attached hydrogens (primary N) is 1. The molecule has 1 rings (SSSR count). The van der Waals surface area contributed by atoms with Crippen LogP contribution in [0, 0.1) is 28.6 Å². The minimum atomic E-state index is -0.729. The van der Waals surface area contributed by atoms with Crippen molar-refractivity contribution >= 4 is 29.5 Å². The number of amides is 1. The first-order valence-electron chi connectivity index (χ1n) is 7.43. The van der Waals surface area contributed by atoms with Crippen LogP contribution in [-0.2, 0) is 14.3 Å². The van der Waals surface area contributed by atoms with Crippen molar-refractivity contribution < 1.29 is 14.3 Å². The van der Waals surface area contributed by atoms with Gasteiger partial charge in [-0.15, -0.1) is 0 Å². The summed E-state index contributed by atoms with van der Waals surface area (Å²) < 4.78 is 4.69. The highest BCUT2D eigenvalue weighted by Gasteiger charge is 2.23. The normalized spacial score (nSPS) is 11.3. The number of rotatable bonds is 7. The summed E-state index contributed by atoms with van der Waals surface area (Å²) in [5.74, 6) is -0.766. The van der Waals surface area contributed by atoms with Gasteiger partial charge in [0.1, 0.15) is 29.0 Å². The van der Waals surface area contributed by atoms with Crippen LogP contribution in [0.15, 0.2) is 11.1 Å². The third-order valence-corrected chi connectivity index (χ3v) is 4.12. The summed E-state index contributed by atoms with van der Waals surface area (Å²) >= 11 is 1.01. The summed E-state index contributed by atoms with van der Waals surface area (Å²) in [6, 6.07) is 4.37. The van der Waals surface area contributed by atoms with Gasteiger partial charge in [0.05, 0.1) is 24.0 Å². The topological polar surface area (TPSA) is 142 Å². The zero-order valence-electron chi connectivity index (χ0n) is 14.2. The smallest absolute Gasteiger partial charge is 0.328 e. The molecular weight excluding hydrogens is 342 g/mol. The summed E-state index contributed by atoms with van der Waals surface area (Å²) in [6.07, 6.45) is 0.453. The highest BCUT2D eigenvalue weighted by atomic mass is 32.2. The zero-order valence-corrected chi connectivity index (χ0v) is 15.0. The van der Waals surface area contributed by atoms with Crippen LogP contribution in [0.4, 0.5) is 5.82 Å². The third-order valence-electron chi connectivity index (χ3n) is 3.13. The highest BCUT2D eigenvalue weighted by Crippen LogP contribution is 2.23. The van der Waals surface area contributed by atoms with E-state index in [9.17, 15) is 9.59 Å². The first-order valence-corrected chi connectivity index (χ1v) is 8.41. The van der Waals surface area contributed by atoms with E-state index in [4.69, 9.17) is 21.0 Å². The molecule has 1 heterocycles. The van der Waals surface area contributed by atoms with Crippen molar-refractivity contribution in [3.8, 4) is 12.1 Å². The van der Waals surface area contributed by atoms with Crippen LogP contribution in [0.2, 0.25) is 0 Å². The monoisotopic (exact) mass is 361 g/mol. The second-order valence-electron chi connectivity index (χ2n) is 5.56. The number of nitrogens with zero attached hydrogens (tertiary/aromatic N) is 3. The largest absolute Gasteiger partial charge is 0.467 e. The van der Waals surface area contributed by atoms with E-state index in [1.165, 1.54) is 13.2 Å².